The van der Waals surface area contributed by atoms with Crippen LogP contribution in [0.25, 0.3) is 0 Å². The minimum absolute atomic E-state index is 0.0263. The number of carboxylic acids is 1. The molecule has 0 radical (unpaired) electrons. The molecule has 1 aliphatic rings. The van der Waals surface area contributed by atoms with E-state index < -0.39 is 5.97 Å². The smallest absolute Gasteiger partial charge is 0.348 e. The summed E-state index contributed by atoms with van der Waals surface area (Å²) < 4.78 is 0. The SMILES string of the molecule is CC(C(=O)Nc1ccsc1C(=O)O)C1CC1. The van der Waals surface area contributed by atoms with Gasteiger partial charge in [0.2, 0.25) is 5.91 Å². The van der Waals surface area contributed by atoms with Crippen molar-refractivity contribution in [2.45, 2.75) is 19.8 Å². The van der Waals surface area contributed by atoms with Crippen LogP contribution in [0.15, 0.2) is 11.4 Å². The summed E-state index contributed by atoms with van der Waals surface area (Å²) in [5.74, 6) is -0.624. The lowest BCUT2D eigenvalue weighted by atomic mass is 10.1. The number of thiophene rings is 1. The van der Waals surface area contributed by atoms with Crippen LogP contribution in [0, 0.1) is 11.8 Å². The van der Waals surface area contributed by atoms with Crippen LogP contribution in [-0.2, 0) is 4.79 Å². The summed E-state index contributed by atoms with van der Waals surface area (Å²) in [6.45, 7) is 1.89. The lowest BCUT2D eigenvalue weighted by molar-refractivity contribution is -0.119. The number of rotatable bonds is 4. The lowest BCUT2D eigenvalue weighted by Gasteiger charge is -2.10. The Hall–Kier alpha value is -1.36. The maximum atomic E-state index is 11.8. The third kappa shape index (κ3) is 2.24. The van der Waals surface area contributed by atoms with Gasteiger partial charge < -0.3 is 10.4 Å². The van der Waals surface area contributed by atoms with E-state index >= 15 is 0 Å². The van der Waals surface area contributed by atoms with E-state index in [9.17, 15) is 9.59 Å². The highest BCUT2D eigenvalue weighted by Gasteiger charge is 2.33. The molecule has 1 aromatic rings. The van der Waals surface area contributed by atoms with Crippen LogP contribution in [-0.4, -0.2) is 17.0 Å². The predicted molar refractivity (Wildman–Crippen MR) is 61.8 cm³/mol. The third-order valence-corrected chi connectivity index (χ3v) is 3.76. The Morgan fingerprint density at radius 2 is 2.25 bits per heavy atom. The molecule has 2 N–H and O–H groups in total. The fourth-order valence-electron chi connectivity index (χ4n) is 1.63. The van der Waals surface area contributed by atoms with Crippen LogP contribution >= 0.6 is 11.3 Å². The molecule has 1 atom stereocenters. The standard InChI is InChI=1S/C11H13NO3S/c1-6(7-2-3-7)10(13)12-8-4-5-16-9(8)11(14)15/h4-7H,2-3H2,1H3,(H,12,13)(H,14,15). The van der Waals surface area contributed by atoms with E-state index in [4.69, 9.17) is 5.11 Å². The molecule has 1 unspecified atom stereocenters. The Bertz CT molecular complexity index is 423. The van der Waals surface area contributed by atoms with Crippen molar-refractivity contribution >= 4 is 28.9 Å². The van der Waals surface area contributed by atoms with Crippen LogP contribution in [0.4, 0.5) is 5.69 Å². The zero-order valence-electron chi connectivity index (χ0n) is 8.90. The summed E-state index contributed by atoms with van der Waals surface area (Å²) in [5.41, 5.74) is 0.412. The van der Waals surface area contributed by atoms with E-state index in [1.807, 2.05) is 6.92 Å². The van der Waals surface area contributed by atoms with Gasteiger partial charge in [-0.25, -0.2) is 4.79 Å². The maximum Gasteiger partial charge on any atom is 0.348 e. The molecular formula is C11H13NO3S. The van der Waals surface area contributed by atoms with Gasteiger partial charge in [-0.05, 0) is 30.2 Å². The number of aromatic carboxylic acids is 1. The molecule has 16 heavy (non-hydrogen) atoms. The van der Waals surface area contributed by atoms with Gasteiger partial charge in [-0.2, -0.15) is 0 Å². The first kappa shape index (κ1) is 11.1. The number of hydrogen-bond acceptors (Lipinski definition) is 3. The van der Waals surface area contributed by atoms with Gasteiger partial charge in [-0.15, -0.1) is 11.3 Å². The van der Waals surface area contributed by atoms with E-state index in [0.717, 1.165) is 24.2 Å². The summed E-state index contributed by atoms with van der Waals surface area (Å²) in [7, 11) is 0. The topological polar surface area (TPSA) is 66.4 Å². The van der Waals surface area contributed by atoms with E-state index in [1.54, 1.807) is 11.4 Å². The van der Waals surface area contributed by atoms with Crippen molar-refractivity contribution in [3.63, 3.8) is 0 Å². The molecule has 1 amide bonds. The predicted octanol–water partition coefficient (Wildman–Crippen LogP) is 2.43. The number of carbonyl (C=O) groups excluding carboxylic acids is 1. The second kappa shape index (κ2) is 4.25. The molecule has 1 aromatic heterocycles. The van der Waals surface area contributed by atoms with Gasteiger partial charge in [-0.3, -0.25) is 4.79 Å². The second-order valence-corrected chi connectivity index (χ2v) is 5.00. The van der Waals surface area contributed by atoms with Gasteiger partial charge in [0.1, 0.15) is 4.88 Å². The van der Waals surface area contributed by atoms with Crippen molar-refractivity contribution < 1.29 is 14.7 Å². The Labute approximate surface area is 97.3 Å². The average molecular weight is 239 g/mol. The van der Waals surface area contributed by atoms with Crippen molar-refractivity contribution in [1.29, 1.82) is 0 Å². The van der Waals surface area contributed by atoms with Crippen LogP contribution in [0.2, 0.25) is 0 Å². The normalized spacial score (nSPS) is 16.8. The molecule has 1 saturated carbocycles. The minimum Gasteiger partial charge on any atom is -0.477 e. The van der Waals surface area contributed by atoms with Gasteiger partial charge >= 0.3 is 5.97 Å². The Morgan fingerprint density at radius 3 is 2.81 bits per heavy atom. The highest BCUT2D eigenvalue weighted by Crippen LogP contribution is 2.37. The molecule has 0 spiro atoms. The quantitative estimate of drug-likeness (QED) is 0.848. The first-order valence-electron chi connectivity index (χ1n) is 5.21. The number of carboxylic acid groups (broad SMARTS) is 1. The maximum absolute atomic E-state index is 11.8. The molecule has 2 rings (SSSR count). The van der Waals surface area contributed by atoms with E-state index in [2.05, 4.69) is 5.32 Å². The van der Waals surface area contributed by atoms with Crippen LogP contribution < -0.4 is 5.32 Å². The Balaban J connectivity index is 2.05. The third-order valence-electron chi connectivity index (χ3n) is 2.86. The van der Waals surface area contributed by atoms with Crippen LogP contribution in [0.5, 0.6) is 0 Å². The fraction of sp³-hybridized carbons (Fsp3) is 0.455. The molecule has 0 saturated heterocycles. The molecule has 5 heteroatoms. The van der Waals surface area contributed by atoms with Crippen molar-refractivity contribution in [3.8, 4) is 0 Å². The molecule has 1 aliphatic carbocycles. The number of nitrogens with one attached hydrogen (secondary N) is 1. The highest BCUT2D eigenvalue weighted by molar-refractivity contribution is 7.12. The number of anilines is 1. The first-order valence-corrected chi connectivity index (χ1v) is 6.09. The van der Waals surface area contributed by atoms with Crippen molar-refractivity contribution in [2.75, 3.05) is 5.32 Å². The van der Waals surface area contributed by atoms with Gasteiger partial charge in [0.05, 0.1) is 5.69 Å². The summed E-state index contributed by atoms with van der Waals surface area (Å²) in [4.78, 5) is 22.8. The van der Waals surface area contributed by atoms with Crippen molar-refractivity contribution in [1.82, 2.24) is 0 Å². The molecule has 4 nitrogen and oxygen atoms in total. The number of carbonyl (C=O) groups is 2. The molecule has 0 bridgehead atoms. The van der Waals surface area contributed by atoms with E-state index in [1.165, 1.54) is 0 Å². The summed E-state index contributed by atoms with van der Waals surface area (Å²) in [5, 5.41) is 13.2. The molecular weight excluding hydrogens is 226 g/mol. The van der Waals surface area contributed by atoms with E-state index in [-0.39, 0.29) is 16.7 Å². The van der Waals surface area contributed by atoms with Gasteiger partial charge in [0.25, 0.3) is 0 Å². The number of amides is 1. The highest BCUT2D eigenvalue weighted by atomic mass is 32.1. The van der Waals surface area contributed by atoms with Gasteiger partial charge in [0, 0.05) is 5.92 Å². The zero-order chi connectivity index (χ0) is 11.7. The van der Waals surface area contributed by atoms with Gasteiger partial charge in [0.15, 0.2) is 0 Å². The van der Waals surface area contributed by atoms with Crippen molar-refractivity contribution in [2.24, 2.45) is 11.8 Å². The monoisotopic (exact) mass is 239 g/mol. The Kier molecular flexibility index (Phi) is 2.96. The van der Waals surface area contributed by atoms with Crippen molar-refractivity contribution in [3.05, 3.63) is 16.3 Å². The van der Waals surface area contributed by atoms with Gasteiger partial charge in [-0.1, -0.05) is 6.92 Å². The largest absolute Gasteiger partial charge is 0.477 e. The fourth-order valence-corrected chi connectivity index (χ4v) is 2.32. The second-order valence-electron chi connectivity index (χ2n) is 4.08. The zero-order valence-corrected chi connectivity index (χ0v) is 9.71. The molecule has 1 fully saturated rings. The summed E-state index contributed by atoms with van der Waals surface area (Å²) >= 11 is 1.12. The van der Waals surface area contributed by atoms with E-state index in [0.29, 0.717) is 11.6 Å². The summed E-state index contributed by atoms with van der Waals surface area (Å²) in [6, 6.07) is 1.63. The average Bonchev–Trinajstić information content (AvgIpc) is 2.97. The molecule has 0 aromatic carbocycles. The first-order chi connectivity index (χ1) is 7.59. The van der Waals surface area contributed by atoms with Crippen LogP contribution in [0.3, 0.4) is 0 Å². The molecule has 0 aliphatic heterocycles. The minimum atomic E-state index is -0.996. The Morgan fingerprint density at radius 1 is 1.56 bits per heavy atom. The lowest BCUT2D eigenvalue weighted by Crippen LogP contribution is -2.22. The van der Waals surface area contributed by atoms with Crippen LogP contribution in [0.1, 0.15) is 29.4 Å². The summed E-state index contributed by atoms with van der Waals surface area (Å²) in [6.07, 6.45) is 2.20. The molecule has 1 heterocycles. The number of hydrogen-bond donors (Lipinski definition) is 2. The molecule has 86 valence electrons.